The Hall–Kier alpha value is -2.29. The Balaban J connectivity index is 1.84. The molecule has 1 aliphatic rings. The van der Waals surface area contributed by atoms with Crippen LogP contribution in [0.25, 0.3) is 0 Å². The van der Waals surface area contributed by atoms with E-state index in [4.69, 9.17) is 4.52 Å². The van der Waals surface area contributed by atoms with Crippen LogP contribution in [0, 0.1) is 17.0 Å². The van der Waals surface area contributed by atoms with Gasteiger partial charge in [0, 0.05) is 13.0 Å². The lowest BCUT2D eigenvalue weighted by Crippen LogP contribution is -2.44. The van der Waals surface area contributed by atoms with Crippen molar-refractivity contribution in [1.82, 2.24) is 15.5 Å². The molecule has 0 aliphatic heterocycles. The summed E-state index contributed by atoms with van der Waals surface area (Å²) < 4.78 is 5.03. The van der Waals surface area contributed by atoms with Crippen LogP contribution in [0.4, 0.5) is 5.00 Å². The van der Waals surface area contributed by atoms with Gasteiger partial charge in [0.1, 0.15) is 5.54 Å². The van der Waals surface area contributed by atoms with Crippen molar-refractivity contribution in [3.63, 3.8) is 0 Å². The number of amides is 1. The van der Waals surface area contributed by atoms with Gasteiger partial charge in [-0.15, -0.1) is 0 Å². The van der Waals surface area contributed by atoms with Crippen molar-refractivity contribution in [3.8, 4) is 0 Å². The maximum absolute atomic E-state index is 12.4. The molecule has 1 N–H and O–H groups in total. The molecule has 1 amide bonds. The maximum atomic E-state index is 12.4. The minimum absolute atomic E-state index is 0.0546. The molecule has 0 saturated heterocycles. The Labute approximate surface area is 129 Å². The minimum Gasteiger partial charge on any atom is -0.340 e. The fourth-order valence-corrected chi connectivity index (χ4v) is 3.42. The van der Waals surface area contributed by atoms with Crippen LogP contribution in [-0.2, 0) is 5.54 Å². The predicted molar refractivity (Wildman–Crippen MR) is 77.6 cm³/mol. The van der Waals surface area contributed by atoms with Crippen LogP contribution < -0.4 is 5.32 Å². The molecule has 0 unspecified atom stereocenters. The summed E-state index contributed by atoms with van der Waals surface area (Å²) in [7, 11) is 0. The maximum Gasteiger partial charge on any atom is 0.324 e. The lowest BCUT2D eigenvalue weighted by Gasteiger charge is -2.26. The second kappa shape index (κ2) is 5.48. The van der Waals surface area contributed by atoms with Gasteiger partial charge in [0.2, 0.25) is 5.89 Å². The fraction of sp³-hybridized carbons (Fsp3) is 0.462. The molecular formula is C13H14N4O4S. The molecule has 0 spiro atoms. The highest BCUT2D eigenvalue weighted by Gasteiger charge is 2.41. The van der Waals surface area contributed by atoms with Gasteiger partial charge in [-0.2, -0.15) is 4.98 Å². The van der Waals surface area contributed by atoms with Crippen LogP contribution in [0.3, 0.4) is 0 Å². The highest BCUT2D eigenvalue weighted by Crippen LogP contribution is 2.38. The van der Waals surface area contributed by atoms with E-state index in [0.29, 0.717) is 16.6 Å². The van der Waals surface area contributed by atoms with Crippen LogP contribution in [0.2, 0.25) is 0 Å². The Morgan fingerprint density at radius 3 is 2.73 bits per heavy atom. The molecule has 116 valence electrons. The average Bonchev–Trinajstić information content (AvgIpc) is 3.17. The van der Waals surface area contributed by atoms with E-state index in [9.17, 15) is 14.9 Å². The molecule has 9 heteroatoms. The Kier molecular flexibility index (Phi) is 3.65. The van der Waals surface area contributed by atoms with Crippen LogP contribution in [0.5, 0.6) is 0 Å². The van der Waals surface area contributed by atoms with Gasteiger partial charge in [0.25, 0.3) is 5.91 Å². The SMILES string of the molecule is Cc1nc(C2(NC(=O)c3ccc([N+](=O)[O-])s3)CCCC2)no1. The van der Waals surface area contributed by atoms with Gasteiger partial charge in [-0.1, -0.05) is 29.3 Å². The highest BCUT2D eigenvalue weighted by molar-refractivity contribution is 7.17. The first-order valence-electron chi connectivity index (χ1n) is 6.88. The smallest absolute Gasteiger partial charge is 0.324 e. The summed E-state index contributed by atoms with van der Waals surface area (Å²) in [6.45, 7) is 1.70. The first-order chi connectivity index (χ1) is 10.5. The quantitative estimate of drug-likeness (QED) is 0.684. The van der Waals surface area contributed by atoms with Crippen LogP contribution in [-0.4, -0.2) is 21.0 Å². The van der Waals surface area contributed by atoms with Crippen LogP contribution in [0.1, 0.15) is 47.1 Å². The Morgan fingerprint density at radius 1 is 1.45 bits per heavy atom. The largest absolute Gasteiger partial charge is 0.340 e. The number of hydrogen-bond acceptors (Lipinski definition) is 7. The summed E-state index contributed by atoms with van der Waals surface area (Å²) in [4.78, 5) is 27.2. The van der Waals surface area contributed by atoms with Crippen molar-refractivity contribution in [2.24, 2.45) is 0 Å². The summed E-state index contributed by atoms with van der Waals surface area (Å²) in [6, 6.07) is 2.79. The van der Waals surface area contributed by atoms with E-state index >= 15 is 0 Å². The molecule has 0 radical (unpaired) electrons. The zero-order chi connectivity index (χ0) is 15.7. The van der Waals surface area contributed by atoms with Gasteiger partial charge < -0.3 is 9.84 Å². The summed E-state index contributed by atoms with van der Waals surface area (Å²) in [5.74, 6) is 0.576. The van der Waals surface area contributed by atoms with Gasteiger partial charge in [-0.05, 0) is 18.9 Å². The molecule has 8 nitrogen and oxygen atoms in total. The molecule has 3 rings (SSSR count). The molecular weight excluding hydrogens is 308 g/mol. The zero-order valence-corrected chi connectivity index (χ0v) is 12.7. The number of aryl methyl sites for hydroxylation is 1. The highest BCUT2D eigenvalue weighted by atomic mass is 32.1. The normalized spacial score (nSPS) is 16.6. The van der Waals surface area contributed by atoms with E-state index in [-0.39, 0.29) is 10.9 Å². The number of thiophene rings is 1. The van der Waals surface area contributed by atoms with E-state index in [1.165, 1.54) is 12.1 Å². The molecule has 22 heavy (non-hydrogen) atoms. The predicted octanol–water partition coefficient (Wildman–Crippen LogP) is 2.55. The molecule has 1 fully saturated rings. The van der Waals surface area contributed by atoms with Crippen LogP contribution >= 0.6 is 11.3 Å². The Morgan fingerprint density at radius 2 is 2.18 bits per heavy atom. The van der Waals surface area contributed by atoms with Gasteiger partial charge in [0.05, 0.1) is 9.80 Å². The summed E-state index contributed by atoms with van der Waals surface area (Å²) in [5.41, 5.74) is -0.645. The fourth-order valence-electron chi connectivity index (χ4n) is 2.70. The second-order valence-electron chi connectivity index (χ2n) is 5.28. The first-order valence-corrected chi connectivity index (χ1v) is 7.69. The lowest BCUT2D eigenvalue weighted by molar-refractivity contribution is -0.380. The molecule has 0 aromatic carbocycles. The van der Waals surface area contributed by atoms with Gasteiger partial charge in [0.15, 0.2) is 5.82 Å². The van der Waals surface area contributed by atoms with Crippen molar-refractivity contribution < 1.29 is 14.2 Å². The third-order valence-electron chi connectivity index (χ3n) is 3.76. The monoisotopic (exact) mass is 322 g/mol. The topological polar surface area (TPSA) is 111 Å². The number of aromatic nitrogens is 2. The number of nitrogens with zero attached hydrogens (tertiary/aromatic N) is 3. The molecule has 2 aromatic heterocycles. The summed E-state index contributed by atoms with van der Waals surface area (Å²) >= 11 is 0.856. The van der Waals surface area contributed by atoms with Crippen molar-refractivity contribution >= 4 is 22.2 Å². The number of nitrogens with one attached hydrogen (secondary N) is 1. The molecule has 0 bridgehead atoms. The average molecular weight is 322 g/mol. The first kappa shape index (κ1) is 14.6. The van der Waals surface area contributed by atoms with E-state index in [2.05, 4.69) is 15.5 Å². The van der Waals surface area contributed by atoms with Crippen molar-refractivity contribution in [2.45, 2.75) is 38.1 Å². The lowest BCUT2D eigenvalue weighted by atomic mass is 9.96. The van der Waals surface area contributed by atoms with Crippen molar-refractivity contribution in [2.75, 3.05) is 0 Å². The molecule has 2 aromatic rings. The molecule has 1 saturated carbocycles. The van der Waals surface area contributed by atoms with E-state index in [1.54, 1.807) is 6.92 Å². The van der Waals surface area contributed by atoms with E-state index < -0.39 is 10.5 Å². The van der Waals surface area contributed by atoms with E-state index in [1.807, 2.05) is 0 Å². The molecule has 1 aliphatic carbocycles. The van der Waals surface area contributed by atoms with E-state index in [0.717, 1.165) is 37.0 Å². The number of carbonyl (C=O) groups is 1. The third kappa shape index (κ3) is 2.59. The van der Waals surface area contributed by atoms with Gasteiger partial charge in [-0.3, -0.25) is 14.9 Å². The molecule has 2 heterocycles. The van der Waals surface area contributed by atoms with Crippen molar-refractivity contribution in [1.29, 1.82) is 0 Å². The molecule has 0 atom stereocenters. The van der Waals surface area contributed by atoms with Crippen LogP contribution in [0.15, 0.2) is 16.7 Å². The van der Waals surface area contributed by atoms with Gasteiger partial charge in [-0.25, -0.2) is 0 Å². The minimum atomic E-state index is -0.645. The summed E-state index contributed by atoms with van der Waals surface area (Å²) in [6.07, 6.45) is 3.37. The third-order valence-corrected chi connectivity index (χ3v) is 4.80. The Bertz CT molecular complexity index is 717. The van der Waals surface area contributed by atoms with Crippen molar-refractivity contribution in [3.05, 3.63) is 38.8 Å². The number of nitro groups is 1. The van der Waals surface area contributed by atoms with Gasteiger partial charge >= 0.3 is 5.00 Å². The standard InChI is InChI=1S/C13H14N4O4S/c1-8-14-12(16-21-8)13(6-2-3-7-13)15-11(18)9-4-5-10(22-9)17(19)20/h4-5H,2-3,6-7H2,1H3,(H,15,18). The second-order valence-corrected chi connectivity index (χ2v) is 6.34. The zero-order valence-electron chi connectivity index (χ0n) is 11.9. The number of carbonyl (C=O) groups excluding carboxylic acids is 1. The summed E-state index contributed by atoms with van der Waals surface area (Å²) in [5, 5.41) is 17.6. The number of hydrogen-bond donors (Lipinski definition) is 1. The number of rotatable bonds is 4.